The minimum atomic E-state index is -1.18. The third-order valence-corrected chi connectivity index (χ3v) is 3.26. The number of benzene rings is 2. The van der Waals surface area contributed by atoms with Gasteiger partial charge in [0.1, 0.15) is 12.4 Å². The van der Waals surface area contributed by atoms with Crippen molar-refractivity contribution in [1.82, 2.24) is 9.97 Å². The van der Waals surface area contributed by atoms with E-state index in [1.165, 1.54) is 12.1 Å². The smallest absolute Gasteiger partial charge is 0.545 e. The van der Waals surface area contributed by atoms with Crippen molar-refractivity contribution in [3.63, 3.8) is 0 Å². The van der Waals surface area contributed by atoms with Crippen LogP contribution in [0.5, 0.6) is 5.75 Å². The molecule has 0 aliphatic heterocycles. The van der Waals surface area contributed by atoms with Gasteiger partial charge in [-0.05, 0) is 23.3 Å². The number of imidazole rings is 1. The Kier molecular flexibility index (Phi) is 5.64. The fraction of sp³-hybridized carbons (Fsp3) is 0.0588. The van der Waals surface area contributed by atoms with Crippen LogP contribution in [-0.4, -0.2) is 15.9 Å². The molecule has 0 unspecified atom stereocenters. The minimum Gasteiger partial charge on any atom is -0.545 e. The van der Waals surface area contributed by atoms with E-state index < -0.39 is 5.97 Å². The van der Waals surface area contributed by atoms with E-state index in [4.69, 9.17) is 4.74 Å². The normalized spacial score (nSPS) is 9.91. The molecule has 0 aliphatic rings. The number of hydrogen-bond donors (Lipinski definition) is 1. The number of nitrogens with zero attached hydrogens (tertiary/aromatic N) is 1. The molecule has 1 heterocycles. The number of carboxylic acids is 1. The average Bonchev–Trinajstić information content (AvgIpc) is 3.08. The molecular formula is C17H13LiN2O3. The van der Waals surface area contributed by atoms with Crippen LogP contribution in [0.15, 0.2) is 61.1 Å². The van der Waals surface area contributed by atoms with Crippen molar-refractivity contribution in [3.8, 4) is 17.0 Å². The zero-order valence-corrected chi connectivity index (χ0v) is 12.7. The molecule has 23 heavy (non-hydrogen) atoms. The van der Waals surface area contributed by atoms with Crippen molar-refractivity contribution in [3.05, 3.63) is 72.2 Å². The van der Waals surface area contributed by atoms with E-state index in [2.05, 4.69) is 9.97 Å². The van der Waals surface area contributed by atoms with Crippen molar-refractivity contribution in [1.29, 1.82) is 0 Å². The van der Waals surface area contributed by atoms with Crippen LogP contribution >= 0.6 is 0 Å². The Morgan fingerprint density at radius 1 is 1.13 bits per heavy atom. The molecule has 5 nitrogen and oxygen atoms in total. The standard InChI is InChI=1S/C17H14N2O3.Li/c20-17(21)13-7-5-12(6-8-13)10-22-16-4-2-1-3-14(16)15-9-18-11-19-15;/h1-9,11H,10H2,(H,18,19)(H,20,21);/q;+1/p-1. The summed E-state index contributed by atoms with van der Waals surface area (Å²) in [7, 11) is 0. The first-order valence-electron chi connectivity index (χ1n) is 6.75. The second-order valence-corrected chi connectivity index (χ2v) is 4.73. The molecule has 0 saturated heterocycles. The molecular weight excluding hydrogens is 287 g/mol. The summed E-state index contributed by atoms with van der Waals surface area (Å²) < 4.78 is 5.84. The third-order valence-electron chi connectivity index (χ3n) is 3.26. The molecule has 110 valence electrons. The summed E-state index contributed by atoms with van der Waals surface area (Å²) in [5, 5.41) is 10.7. The summed E-state index contributed by atoms with van der Waals surface area (Å²) in [5.74, 6) is -0.451. The SMILES string of the molecule is O=C([O-])c1ccc(COc2ccccc2-c2cnc[nH]2)cc1.[Li+]. The molecule has 3 rings (SSSR count). The molecule has 0 fully saturated rings. The summed E-state index contributed by atoms with van der Waals surface area (Å²) >= 11 is 0. The van der Waals surface area contributed by atoms with Crippen molar-refractivity contribution in [2.24, 2.45) is 0 Å². The average molecular weight is 300 g/mol. The van der Waals surface area contributed by atoms with Crippen LogP contribution in [-0.2, 0) is 6.61 Å². The first-order chi connectivity index (χ1) is 10.7. The van der Waals surface area contributed by atoms with E-state index in [1.807, 2.05) is 24.3 Å². The number of aromatic nitrogens is 2. The Balaban J connectivity index is 0.00000192. The minimum absolute atomic E-state index is 0. The zero-order chi connectivity index (χ0) is 15.4. The fourth-order valence-corrected chi connectivity index (χ4v) is 2.12. The number of carboxylic acid groups (broad SMARTS) is 1. The molecule has 0 spiro atoms. The molecule has 0 atom stereocenters. The van der Waals surface area contributed by atoms with Gasteiger partial charge < -0.3 is 19.6 Å². The molecule has 0 saturated carbocycles. The Labute approximate surface area is 145 Å². The Hall–Kier alpha value is -2.48. The number of carbonyl (C=O) groups excluding carboxylic acids is 1. The fourth-order valence-electron chi connectivity index (χ4n) is 2.12. The summed E-state index contributed by atoms with van der Waals surface area (Å²) in [5.41, 5.74) is 2.83. The monoisotopic (exact) mass is 300 g/mol. The molecule has 1 N–H and O–H groups in total. The van der Waals surface area contributed by atoms with E-state index in [0.717, 1.165) is 22.6 Å². The van der Waals surface area contributed by atoms with Gasteiger partial charge in [0.15, 0.2) is 0 Å². The van der Waals surface area contributed by atoms with Gasteiger partial charge in [-0.15, -0.1) is 0 Å². The summed E-state index contributed by atoms with van der Waals surface area (Å²) in [4.78, 5) is 17.8. The first kappa shape index (κ1) is 16.9. The number of para-hydroxylation sites is 1. The van der Waals surface area contributed by atoms with Gasteiger partial charge >= 0.3 is 18.9 Å². The van der Waals surface area contributed by atoms with E-state index in [0.29, 0.717) is 6.61 Å². The van der Waals surface area contributed by atoms with E-state index >= 15 is 0 Å². The Morgan fingerprint density at radius 3 is 2.52 bits per heavy atom. The summed E-state index contributed by atoms with van der Waals surface area (Å²) in [6.45, 7) is 0.346. The van der Waals surface area contributed by atoms with Gasteiger partial charge in [-0.1, -0.05) is 36.4 Å². The molecule has 6 heteroatoms. The third kappa shape index (κ3) is 4.04. The van der Waals surface area contributed by atoms with E-state index in [-0.39, 0.29) is 24.4 Å². The van der Waals surface area contributed by atoms with E-state index in [1.54, 1.807) is 24.7 Å². The van der Waals surface area contributed by atoms with Gasteiger partial charge in [0.25, 0.3) is 0 Å². The van der Waals surface area contributed by atoms with Gasteiger partial charge in [0, 0.05) is 5.56 Å². The predicted molar refractivity (Wildman–Crippen MR) is 79.1 cm³/mol. The van der Waals surface area contributed by atoms with Crippen LogP contribution in [0.4, 0.5) is 0 Å². The zero-order valence-electron chi connectivity index (χ0n) is 12.7. The predicted octanol–water partition coefficient (Wildman–Crippen LogP) is -0.977. The summed E-state index contributed by atoms with van der Waals surface area (Å²) in [6, 6.07) is 14.1. The second-order valence-electron chi connectivity index (χ2n) is 4.73. The molecule has 0 amide bonds. The van der Waals surface area contributed by atoms with Crippen molar-refractivity contribution >= 4 is 5.97 Å². The van der Waals surface area contributed by atoms with Crippen molar-refractivity contribution in [2.45, 2.75) is 6.61 Å². The number of carbonyl (C=O) groups is 1. The topological polar surface area (TPSA) is 78.0 Å². The quantitative estimate of drug-likeness (QED) is 0.615. The number of aromatic carboxylic acids is 1. The van der Waals surface area contributed by atoms with Gasteiger partial charge in [-0.25, -0.2) is 4.98 Å². The first-order valence-corrected chi connectivity index (χ1v) is 6.75. The Morgan fingerprint density at radius 2 is 1.87 bits per heavy atom. The maximum absolute atomic E-state index is 10.7. The van der Waals surface area contributed by atoms with Crippen molar-refractivity contribution < 1.29 is 33.5 Å². The number of nitrogens with one attached hydrogen (secondary N) is 1. The van der Waals surface area contributed by atoms with Crippen LogP contribution in [0.2, 0.25) is 0 Å². The number of rotatable bonds is 5. The molecule has 3 aromatic rings. The van der Waals surface area contributed by atoms with Crippen LogP contribution in [0, 0.1) is 0 Å². The van der Waals surface area contributed by atoms with Gasteiger partial charge in [-0.2, -0.15) is 0 Å². The number of aromatic amines is 1. The van der Waals surface area contributed by atoms with Crippen LogP contribution in [0.25, 0.3) is 11.3 Å². The number of hydrogen-bond acceptors (Lipinski definition) is 4. The Bertz CT molecular complexity index is 771. The maximum atomic E-state index is 10.7. The number of ether oxygens (including phenoxy) is 1. The van der Waals surface area contributed by atoms with Crippen LogP contribution < -0.4 is 28.7 Å². The van der Waals surface area contributed by atoms with Crippen LogP contribution in [0.3, 0.4) is 0 Å². The van der Waals surface area contributed by atoms with Crippen LogP contribution in [0.1, 0.15) is 15.9 Å². The largest absolute Gasteiger partial charge is 1.00 e. The second kappa shape index (κ2) is 7.68. The maximum Gasteiger partial charge on any atom is 1.00 e. The molecule has 0 aliphatic carbocycles. The van der Waals surface area contributed by atoms with E-state index in [9.17, 15) is 9.90 Å². The molecule has 2 aromatic carbocycles. The van der Waals surface area contributed by atoms with Gasteiger partial charge in [-0.3, -0.25) is 0 Å². The van der Waals surface area contributed by atoms with Crippen molar-refractivity contribution in [2.75, 3.05) is 0 Å². The van der Waals surface area contributed by atoms with Gasteiger partial charge in [0.2, 0.25) is 0 Å². The number of H-pyrrole nitrogens is 1. The van der Waals surface area contributed by atoms with Gasteiger partial charge in [0.05, 0.1) is 24.2 Å². The molecule has 1 aromatic heterocycles. The molecule has 0 radical (unpaired) electrons. The summed E-state index contributed by atoms with van der Waals surface area (Å²) in [6.07, 6.45) is 3.35. The molecule has 0 bridgehead atoms.